The van der Waals surface area contributed by atoms with Crippen LogP contribution in [0.1, 0.15) is 51.3 Å². The van der Waals surface area contributed by atoms with Crippen molar-refractivity contribution in [1.29, 1.82) is 0 Å². The van der Waals surface area contributed by atoms with Crippen LogP contribution >= 0.6 is 11.6 Å². The maximum absolute atomic E-state index is 12.9. The van der Waals surface area contributed by atoms with Gasteiger partial charge >= 0.3 is 12.0 Å². The number of amides is 2. The summed E-state index contributed by atoms with van der Waals surface area (Å²) < 4.78 is 17.2. The van der Waals surface area contributed by atoms with Gasteiger partial charge in [-0.1, -0.05) is 42.8 Å². The molecule has 0 saturated carbocycles. The molecule has 0 saturated heterocycles. The molecule has 0 bridgehead atoms. The second kappa shape index (κ2) is 11.1. The van der Waals surface area contributed by atoms with Crippen LogP contribution in [-0.4, -0.2) is 24.7 Å². The van der Waals surface area contributed by atoms with Crippen molar-refractivity contribution in [1.82, 2.24) is 10.6 Å². The summed E-state index contributed by atoms with van der Waals surface area (Å²) in [5, 5.41) is 6.18. The maximum atomic E-state index is 12.9. The number of esters is 1. The SMILES string of the molecule is CCOc1cc(C2NC(=O)NC(CC)=C2C(=O)OC(C)C)ccc1OCc1ccccc1Cl. The van der Waals surface area contributed by atoms with Gasteiger partial charge in [-0.25, -0.2) is 9.59 Å². The van der Waals surface area contributed by atoms with Gasteiger partial charge in [0.05, 0.1) is 24.3 Å². The molecular weight excluding hydrogens is 444 g/mol. The first-order chi connectivity index (χ1) is 15.8. The Labute approximate surface area is 199 Å². The Hall–Kier alpha value is -3.19. The van der Waals surface area contributed by atoms with Crippen LogP contribution in [0.4, 0.5) is 4.79 Å². The van der Waals surface area contributed by atoms with Gasteiger partial charge in [-0.3, -0.25) is 0 Å². The fraction of sp³-hybridized carbons (Fsp3) is 0.360. The molecule has 1 atom stereocenters. The first kappa shape index (κ1) is 24.5. The van der Waals surface area contributed by atoms with E-state index in [1.54, 1.807) is 32.0 Å². The predicted molar refractivity (Wildman–Crippen MR) is 126 cm³/mol. The predicted octanol–water partition coefficient (Wildman–Crippen LogP) is 5.29. The van der Waals surface area contributed by atoms with Crippen molar-refractivity contribution < 1.29 is 23.8 Å². The van der Waals surface area contributed by atoms with Crippen molar-refractivity contribution in [3.63, 3.8) is 0 Å². The molecule has 1 aliphatic rings. The average molecular weight is 473 g/mol. The molecule has 1 aliphatic heterocycles. The average Bonchev–Trinajstić information content (AvgIpc) is 2.78. The molecule has 0 aliphatic carbocycles. The smallest absolute Gasteiger partial charge is 0.338 e. The van der Waals surface area contributed by atoms with Crippen molar-refractivity contribution >= 4 is 23.6 Å². The topological polar surface area (TPSA) is 85.9 Å². The van der Waals surface area contributed by atoms with E-state index in [0.29, 0.717) is 46.4 Å². The summed E-state index contributed by atoms with van der Waals surface area (Å²) in [6.07, 6.45) is 0.185. The summed E-state index contributed by atoms with van der Waals surface area (Å²) in [7, 11) is 0. The highest BCUT2D eigenvalue weighted by atomic mass is 35.5. The van der Waals surface area contributed by atoms with Crippen LogP contribution in [0.3, 0.4) is 0 Å². The van der Waals surface area contributed by atoms with Gasteiger partial charge in [-0.2, -0.15) is 0 Å². The number of nitrogens with one attached hydrogen (secondary N) is 2. The summed E-state index contributed by atoms with van der Waals surface area (Å²) in [6.45, 7) is 8.01. The summed E-state index contributed by atoms with van der Waals surface area (Å²) in [5.41, 5.74) is 2.44. The van der Waals surface area contributed by atoms with E-state index < -0.39 is 12.0 Å². The number of hydrogen-bond acceptors (Lipinski definition) is 5. The van der Waals surface area contributed by atoms with E-state index in [2.05, 4.69) is 10.6 Å². The third-order valence-electron chi connectivity index (χ3n) is 5.01. The number of halogens is 1. The van der Waals surface area contributed by atoms with Crippen molar-refractivity contribution in [3.8, 4) is 11.5 Å². The lowest BCUT2D eigenvalue weighted by Crippen LogP contribution is -2.46. The zero-order valence-electron chi connectivity index (χ0n) is 19.2. The van der Waals surface area contributed by atoms with Crippen LogP contribution in [0.25, 0.3) is 0 Å². The second-order valence-corrected chi connectivity index (χ2v) is 8.16. The highest BCUT2D eigenvalue weighted by Gasteiger charge is 2.34. The quantitative estimate of drug-likeness (QED) is 0.484. The number of carbonyl (C=O) groups excluding carboxylic acids is 2. The lowest BCUT2D eigenvalue weighted by atomic mass is 9.94. The molecule has 33 heavy (non-hydrogen) atoms. The van der Waals surface area contributed by atoms with Crippen molar-refractivity contribution in [2.24, 2.45) is 0 Å². The summed E-state index contributed by atoms with van der Waals surface area (Å²) in [5.74, 6) is 0.563. The molecule has 2 aromatic carbocycles. The molecule has 0 fully saturated rings. The third-order valence-corrected chi connectivity index (χ3v) is 5.38. The number of benzene rings is 2. The van der Waals surface area contributed by atoms with E-state index in [0.717, 1.165) is 5.56 Å². The van der Waals surface area contributed by atoms with Gasteiger partial charge in [0.25, 0.3) is 0 Å². The molecule has 2 N–H and O–H groups in total. The number of carbonyl (C=O) groups is 2. The van der Waals surface area contributed by atoms with Gasteiger partial charge in [-0.15, -0.1) is 0 Å². The zero-order chi connectivity index (χ0) is 24.0. The summed E-state index contributed by atoms with van der Waals surface area (Å²) >= 11 is 6.23. The standard InChI is InChI=1S/C25H29ClN2O5/c1-5-19-22(24(29)33-15(3)4)23(28-25(30)27-19)16-11-12-20(21(13-16)31-6-2)32-14-17-9-7-8-10-18(17)26/h7-13,15,23H,5-6,14H2,1-4H3,(H2,27,28,30). The van der Waals surface area contributed by atoms with E-state index in [4.69, 9.17) is 25.8 Å². The molecule has 8 heteroatoms. The highest BCUT2D eigenvalue weighted by Crippen LogP contribution is 2.36. The number of rotatable bonds is 9. The van der Waals surface area contributed by atoms with Gasteiger partial charge < -0.3 is 24.8 Å². The Morgan fingerprint density at radius 3 is 2.52 bits per heavy atom. The molecule has 0 spiro atoms. The molecule has 3 rings (SSSR count). The van der Waals surface area contributed by atoms with Gasteiger partial charge in [0.1, 0.15) is 6.61 Å². The van der Waals surface area contributed by atoms with E-state index in [-0.39, 0.29) is 18.7 Å². The summed E-state index contributed by atoms with van der Waals surface area (Å²) in [4.78, 5) is 25.2. The van der Waals surface area contributed by atoms with Gasteiger partial charge in [0, 0.05) is 16.3 Å². The normalized spacial score (nSPS) is 15.7. The Kier molecular flexibility index (Phi) is 8.22. The van der Waals surface area contributed by atoms with Crippen LogP contribution in [-0.2, 0) is 16.1 Å². The molecular formula is C25H29ClN2O5. The molecule has 0 radical (unpaired) electrons. The number of hydrogen-bond donors (Lipinski definition) is 2. The van der Waals surface area contributed by atoms with Crippen molar-refractivity contribution in [2.75, 3.05) is 6.61 Å². The van der Waals surface area contributed by atoms with Crippen LogP contribution < -0.4 is 20.1 Å². The Bertz CT molecular complexity index is 1050. The minimum Gasteiger partial charge on any atom is -0.490 e. The number of urea groups is 1. The fourth-order valence-corrected chi connectivity index (χ4v) is 3.72. The first-order valence-electron chi connectivity index (χ1n) is 11.0. The maximum Gasteiger partial charge on any atom is 0.338 e. The third kappa shape index (κ3) is 5.99. The van der Waals surface area contributed by atoms with E-state index >= 15 is 0 Å². The van der Waals surface area contributed by atoms with Gasteiger partial charge in [0.2, 0.25) is 0 Å². The van der Waals surface area contributed by atoms with Crippen LogP contribution in [0.2, 0.25) is 5.02 Å². The first-order valence-corrected chi connectivity index (χ1v) is 11.4. The van der Waals surface area contributed by atoms with Crippen molar-refractivity contribution in [3.05, 3.63) is 69.9 Å². The highest BCUT2D eigenvalue weighted by molar-refractivity contribution is 6.31. The molecule has 7 nitrogen and oxygen atoms in total. The van der Waals surface area contributed by atoms with E-state index in [1.165, 1.54) is 0 Å². The molecule has 1 unspecified atom stereocenters. The Balaban J connectivity index is 1.94. The van der Waals surface area contributed by atoms with Gasteiger partial charge in [-0.05, 0) is 51.0 Å². The fourth-order valence-electron chi connectivity index (χ4n) is 3.53. The lowest BCUT2D eigenvalue weighted by molar-refractivity contribution is -0.143. The summed E-state index contributed by atoms with van der Waals surface area (Å²) in [6, 6.07) is 11.7. The molecule has 2 amide bonds. The Morgan fingerprint density at radius 2 is 1.85 bits per heavy atom. The molecule has 176 valence electrons. The number of allylic oxidation sites excluding steroid dienone is 1. The molecule has 0 aromatic heterocycles. The second-order valence-electron chi connectivity index (χ2n) is 7.75. The minimum atomic E-state index is -0.684. The number of ether oxygens (including phenoxy) is 3. The van der Waals surface area contributed by atoms with Crippen LogP contribution in [0.15, 0.2) is 53.7 Å². The monoisotopic (exact) mass is 472 g/mol. The van der Waals surface area contributed by atoms with E-state index in [1.807, 2.05) is 38.1 Å². The van der Waals surface area contributed by atoms with E-state index in [9.17, 15) is 9.59 Å². The zero-order valence-corrected chi connectivity index (χ0v) is 20.0. The lowest BCUT2D eigenvalue weighted by Gasteiger charge is -2.30. The Morgan fingerprint density at radius 1 is 1.09 bits per heavy atom. The minimum absolute atomic E-state index is 0.273. The molecule has 1 heterocycles. The van der Waals surface area contributed by atoms with Gasteiger partial charge in [0.15, 0.2) is 11.5 Å². The molecule has 2 aromatic rings. The van der Waals surface area contributed by atoms with Crippen LogP contribution in [0, 0.1) is 0 Å². The largest absolute Gasteiger partial charge is 0.490 e. The van der Waals surface area contributed by atoms with Crippen molar-refractivity contribution in [2.45, 2.75) is 52.9 Å². The van der Waals surface area contributed by atoms with Crippen LogP contribution in [0.5, 0.6) is 11.5 Å².